The minimum absolute atomic E-state index is 0.155. The Balaban J connectivity index is 1.81. The molecule has 2 N–H and O–H groups in total. The number of hydrogen-bond donors (Lipinski definition) is 2. The summed E-state index contributed by atoms with van der Waals surface area (Å²) in [4.78, 5) is 50.9. The number of carbonyl (C=O) groups is 4. The highest BCUT2D eigenvalue weighted by Crippen LogP contribution is 2.31. The van der Waals surface area contributed by atoms with E-state index in [-0.39, 0.29) is 29.1 Å². The van der Waals surface area contributed by atoms with E-state index >= 15 is 0 Å². The molecule has 2 aromatic rings. The van der Waals surface area contributed by atoms with Crippen molar-refractivity contribution in [3.63, 3.8) is 0 Å². The lowest BCUT2D eigenvalue weighted by molar-refractivity contribution is -0.120. The predicted molar refractivity (Wildman–Crippen MR) is 109 cm³/mol. The van der Waals surface area contributed by atoms with Gasteiger partial charge in [-0.25, -0.2) is 4.90 Å². The highest BCUT2D eigenvalue weighted by molar-refractivity contribution is 6.35. The summed E-state index contributed by atoms with van der Waals surface area (Å²) in [5.74, 6) is -1.64. The zero-order chi connectivity index (χ0) is 21.1. The van der Waals surface area contributed by atoms with Crippen molar-refractivity contribution in [1.82, 2.24) is 10.6 Å². The van der Waals surface area contributed by atoms with E-state index in [0.29, 0.717) is 12.2 Å². The van der Waals surface area contributed by atoms with Crippen LogP contribution >= 0.6 is 0 Å². The molecule has 0 atom stereocenters. The molecule has 3 rings (SSSR count). The Labute approximate surface area is 169 Å². The molecule has 1 heterocycles. The SMILES string of the molecule is CCCNC(=O)CNC(=O)c1ccc2c(c1)C(=O)N(c1cc(C)ccc1C)C2=O. The number of nitrogens with zero attached hydrogens (tertiary/aromatic N) is 1. The maximum Gasteiger partial charge on any atom is 0.266 e. The van der Waals surface area contributed by atoms with Crippen molar-refractivity contribution in [1.29, 1.82) is 0 Å². The van der Waals surface area contributed by atoms with Crippen molar-refractivity contribution < 1.29 is 19.2 Å². The largest absolute Gasteiger partial charge is 0.355 e. The molecule has 0 fully saturated rings. The lowest BCUT2D eigenvalue weighted by Gasteiger charge is -2.17. The maximum atomic E-state index is 12.9. The van der Waals surface area contributed by atoms with Crippen LogP contribution in [0.5, 0.6) is 0 Å². The molecule has 0 aromatic heterocycles. The van der Waals surface area contributed by atoms with Crippen LogP contribution in [0.3, 0.4) is 0 Å². The van der Waals surface area contributed by atoms with Gasteiger partial charge in [0.2, 0.25) is 5.91 Å². The third-order valence-electron chi connectivity index (χ3n) is 4.74. The summed E-state index contributed by atoms with van der Waals surface area (Å²) in [6.07, 6.45) is 0.803. The molecule has 1 aliphatic rings. The molecule has 0 saturated heterocycles. The fourth-order valence-corrected chi connectivity index (χ4v) is 3.15. The van der Waals surface area contributed by atoms with Gasteiger partial charge in [0.25, 0.3) is 17.7 Å². The lowest BCUT2D eigenvalue weighted by atomic mass is 10.1. The average Bonchev–Trinajstić information content (AvgIpc) is 2.96. The van der Waals surface area contributed by atoms with Crippen LogP contribution in [0.15, 0.2) is 36.4 Å². The van der Waals surface area contributed by atoms with Gasteiger partial charge in [0.05, 0.1) is 23.4 Å². The topological polar surface area (TPSA) is 95.6 Å². The van der Waals surface area contributed by atoms with Crippen molar-refractivity contribution in [2.45, 2.75) is 27.2 Å². The average molecular weight is 393 g/mol. The number of anilines is 1. The quantitative estimate of drug-likeness (QED) is 0.737. The van der Waals surface area contributed by atoms with Gasteiger partial charge in [0, 0.05) is 12.1 Å². The van der Waals surface area contributed by atoms with Gasteiger partial charge in [0.1, 0.15) is 0 Å². The van der Waals surface area contributed by atoms with Gasteiger partial charge in [-0.15, -0.1) is 0 Å². The molecule has 1 aliphatic heterocycles. The first-order valence-electron chi connectivity index (χ1n) is 9.48. The van der Waals surface area contributed by atoms with Crippen LogP contribution < -0.4 is 15.5 Å². The van der Waals surface area contributed by atoms with Crippen molar-refractivity contribution in [2.75, 3.05) is 18.0 Å². The Morgan fingerprint density at radius 3 is 2.38 bits per heavy atom. The van der Waals surface area contributed by atoms with E-state index in [1.54, 1.807) is 6.07 Å². The second-order valence-corrected chi connectivity index (χ2v) is 7.03. The normalized spacial score (nSPS) is 12.7. The third-order valence-corrected chi connectivity index (χ3v) is 4.74. The number of rotatable bonds is 6. The Bertz CT molecular complexity index is 1010. The molecule has 0 aliphatic carbocycles. The van der Waals surface area contributed by atoms with E-state index in [4.69, 9.17) is 0 Å². The summed E-state index contributed by atoms with van der Waals surface area (Å²) in [7, 11) is 0. The third kappa shape index (κ3) is 4.03. The lowest BCUT2D eigenvalue weighted by Crippen LogP contribution is -2.37. The Morgan fingerprint density at radius 1 is 0.931 bits per heavy atom. The fourth-order valence-electron chi connectivity index (χ4n) is 3.15. The van der Waals surface area contributed by atoms with Crippen molar-refractivity contribution in [2.24, 2.45) is 0 Å². The van der Waals surface area contributed by atoms with Crippen LogP contribution in [0.1, 0.15) is 55.5 Å². The molecule has 0 bridgehead atoms. The molecule has 29 heavy (non-hydrogen) atoms. The van der Waals surface area contributed by atoms with Gasteiger partial charge in [-0.3, -0.25) is 19.2 Å². The summed E-state index contributed by atoms with van der Waals surface area (Å²) >= 11 is 0. The van der Waals surface area contributed by atoms with E-state index < -0.39 is 17.7 Å². The molecule has 0 radical (unpaired) electrons. The van der Waals surface area contributed by atoms with Crippen LogP contribution in [-0.4, -0.2) is 36.7 Å². The standard InChI is InChI=1S/C22H23N3O4/c1-4-9-23-19(26)12-24-20(27)15-7-8-16-17(11-15)22(29)25(21(16)28)18-10-13(2)5-6-14(18)3/h5-8,10-11H,4,9,12H2,1-3H3,(H,23,26)(H,24,27). The van der Waals surface area contributed by atoms with Crippen LogP contribution in [0.25, 0.3) is 0 Å². The van der Waals surface area contributed by atoms with Gasteiger partial charge in [0.15, 0.2) is 0 Å². The number of nitrogens with one attached hydrogen (secondary N) is 2. The number of carbonyl (C=O) groups excluding carboxylic acids is 4. The van der Waals surface area contributed by atoms with Gasteiger partial charge >= 0.3 is 0 Å². The van der Waals surface area contributed by atoms with Gasteiger partial charge in [-0.2, -0.15) is 0 Å². The van der Waals surface area contributed by atoms with E-state index in [2.05, 4.69) is 10.6 Å². The van der Waals surface area contributed by atoms with Crippen LogP contribution in [0, 0.1) is 13.8 Å². The summed E-state index contributed by atoms with van der Waals surface area (Å²) in [5, 5.41) is 5.19. The Hall–Kier alpha value is -3.48. The molecule has 7 heteroatoms. The second-order valence-electron chi connectivity index (χ2n) is 7.03. The minimum atomic E-state index is -0.482. The zero-order valence-electron chi connectivity index (χ0n) is 16.7. The number of aryl methyl sites for hydroxylation is 2. The number of imide groups is 1. The van der Waals surface area contributed by atoms with Crippen LogP contribution in [0.2, 0.25) is 0 Å². The first-order valence-corrected chi connectivity index (χ1v) is 9.48. The number of fused-ring (bicyclic) bond motifs is 1. The number of hydrogen-bond acceptors (Lipinski definition) is 4. The monoisotopic (exact) mass is 393 g/mol. The van der Waals surface area contributed by atoms with Gasteiger partial charge in [-0.1, -0.05) is 19.1 Å². The van der Waals surface area contributed by atoms with E-state index in [1.165, 1.54) is 18.2 Å². The van der Waals surface area contributed by atoms with E-state index in [1.807, 2.05) is 32.9 Å². The first kappa shape index (κ1) is 20.3. The molecule has 2 aromatic carbocycles. The minimum Gasteiger partial charge on any atom is -0.355 e. The van der Waals surface area contributed by atoms with Gasteiger partial charge < -0.3 is 10.6 Å². The molecule has 7 nitrogen and oxygen atoms in total. The zero-order valence-corrected chi connectivity index (χ0v) is 16.7. The maximum absolute atomic E-state index is 12.9. The summed E-state index contributed by atoms with van der Waals surface area (Å²) in [6.45, 7) is 6.04. The van der Waals surface area contributed by atoms with Crippen LogP contribution in [0.4, 0.5) is 5.69 Å². The number of benzene rings is 2. The molecule has 4 amide bonds. The highest BCUT2D eigenvalue weighted by Gasteiger charge is 2.37. The molecule has 0 spiro atoms. The van der Waals surface area contributed by atoms with Crippen LogP contribution in [-0.2, 0) is 4.79 Å². The Kier molecular flexibility index (Phi) is 5.77. The first-order chi connectivity index (χ1) is 13.8. The molecule has 150 valence electrons. The molecular formula is C22H23N3O4. The van der Waals surface area contributed by atoms with E-state index in [0.717, 1.165) is 22.4 Å². The highest BCUT2D eigenvalue weighted by atomic mass is 16.2. The predicted octanol–water partition coefficient (Wildman–Crippen LogP) is 2.36. The van der Waals surface area contributed by atoms with Crippen molar-refractivity contribution in [3.05, 3.63) is 64.2 Å². The fraction of sp³-hybridized carbons (Fsp3) is 0.273. The second kappa shape index (κ2) is 8.26. The van der Waals surface area contributed by atoms with Crippen molar-refractivity contribution in [3.8, 4) is 0 Å². The van der Waals surface area contributed by atoms with Crippen molar-refractivity contribution >= 4 is 29.3 Å². The smallest absolute Gasteiger partial charge is 0.266 e. The molecule has 0 unspecified atom stereocenters. The molecule has 0 saturated carbocycles. The molecular weight excluding hydrogens is 370 g/mol. The Morgan fingerprint density at radius 2 is 1.66 bits per heavy atom. The number of amides is 4. The van der Waals surface area contributed by atoms with Gasteiger partial charge in [-0.05, 0) is 55.7 Å². The summed E-state index contributed by atoms with van der Waals surface area (Å²) in [5.41, 5.74) is 2.93. The van der Waals surface area contributed by atoms with E-state index in [9.17, 15) is 19.2 Å². The summed E-state index contributed by atoms with van der Waals surface area (Å²) < 4.78 is 0. The summed E-state index contributed by atoms with van der Waals surface area (Å²) in [6, 6.07) is 9.93.